The van der Waals surface area contributed by atoms with Crippen LogP contribution >= 0.6 is 0 Å². The van der Waals surface area contributed by atoms with E-state index in [0.717, 1.165) is 17.9 Å². The van der Waals surface area contributed by atoms with Gasteiger partial charge in [0.15, 0.2) is 5.76 Å². The van der Waals surface area contributed by atoms with E-state index in [2.05, 4.69) is 10.2 Å². The monoisotopic (exact) mass is 296 g/mol. The van der Waals surface area contributed by atoms with Crippen molar-refractivity contribution >= 4 is 5.91 Å². The van der Waals surface area contributed by atoms with Gasteiger partial charge in [-0.2, -0.15) is 0 Å². The van der Waals surface area contributed by atoms with Crippen molar-refractivity contribution in [3.63, 3.8) is 0 Å². The lowest BCUT2D eigenvalue weighted by Gasteiger charge is -2.44. The van der Waals surface area contributed by atoms with Crippen LogP contribution in [-0.4, -0.2) is 36.5 Å². The summed E-state index contributed by atoms with van der Waals surface area (Å²) >= 11 is 0. The number of hydrogen-bond acceptors (Lipinski definition) is 3. The second-order valence-corrected chi connectivity index (χ2v) is 6.25. The van der Waals surface area contributed by atoms with Crippen LogP contribution < -0.4 is 5.32 Å². The van der Waals surface area contributed by atoms with E-state index in [1.54, 1.807) is 6.07 Å². The molecule has 5 rings (SSSR count). The molecule has 4 nitrogen and oxygen atoms in total. The normalized spacial score (nSPS) is 26.8. The number of carbonyl (C=O) groups excluding carboxylic acids is 1. The Balaban J connectivity index is 1.46. The average Bonchev–Trinajstić information content (AvgIpc) is 3.07. The van der Waals surface area contributed by atoms with E-state index in [4.69, 9.17) is 4.42 Å². The number of fused-ring (bicyclic) bond motifs is 3. The Kier molecular flexibility index (Phi) is 3.47. The van der Waals surface area contributed by atoms with Crippen molar-refractivity contribution in [1.82, 2.24) is 10.2 Å². The number of nitrogens with one attached hydrogen (secondary N) is 1. The quantitative estimate of drug-likeness (QED) is 0.947. The van der Waals surface area contributed by atoms with Crippen molar-refractivity contribution in [2.45, 2.75) is 18.9 Å². The maximum absolute atomic E-state index is 12.4. The zero-order chi connectivity index (χ0) is 14.9. The van der Waals surface area contributed by atoms with E-state index < -0.39 is 0 Å². The van der Waals surface area contributed by atoms with Crippen molar-refractivity contribution in [2.24, 2.45) is 5.92 Å². The van der Waals surface area contributed by atoms with Crippen LogP contribution in [0.15, 0.2) is 46.9 Å². The Morgan fingerprint density at radius 2 is 1.86 bits per heavy atom. The van der Waals surface area contributed by atoms with E-state index in [9.17, 15) is 4.79 Å². The van der Waals surface area contributed by atoms with Gasteiger partial charge < -0.3 is 14.6 Å². The maximum atomic E-state index is 12.4. The summed E-state index contributed by atoms with van der Waals surface area (Å²) in [5, 5.41) is 3.16. The fraction of sp³-hybridized carbons (Fsp3) is 0.389. The van der Waals surface area contributed by atoms with Gasteiger partial charge in [0.05, 0.1) is 0 Å². The van der Waals surface area contributed by atoms with Gasteiger partial charge in [0, 0.05) is 18.2 Å². The molecule has 2 aromatic rings. The molecule has 2 bridgehead atoms. The minimum atomic E-state index is -0.0964. The number of rotatable bonds is 3. The molecule has 4 heteroatoms. The molecular weight excluding hydrogens is 276 g/mol. The van der Waals surface area contributed by atoms with Crippen molar-refractivity contribution < 1.29 is 9.21 Å². The molecule has 1 aromatic heterocycles. The van der Waals surface area contributed by atoms with Gasteiger partial charge in [0.1, 0.15) is 5.76 Å². The van der Waals surface area contributed by atoms with Crippen LogP contribution in [0.5, 0.6) is 0 Å². The minimum absolute atomic E-state index is 0.0964. The summed E-state index contributed by atoms with van der Waals surface area (Å²) in [5.74, 6) is 1.66. The van der Waals surface area contributed by atoms with Gasteiger partial charge in [-0.1, -0.05) is 30.3 Å². The van der Waals surface area contributed by atoms with E-state index >= 15 is 0 Å². The smallest absolute Gasteiger partial charge is 0.287 e. The summed E-state index contributed by atoms with van der Waals surface area (Å²) in [6, 6.07) is 13.7. The highest BCUT2D eigenvalue weighted by atomic mass is 16.3. The third-order valence-corrected chi connectivity index (χ3v) is 4.86. The molecule has 4 heterocycles. The van der Waals surface area contributed by atoms with Crippen LogP contribution in [0, 0.1) is 5.92 Å². The molecule has 1 N–H and O–H groups in total. The SMILES string of the molecule is O=C(N[C@H]1CN2CCC1CC2)c1ccc(-c2ccccc2)o1. The number of nitrogens with zero attached hydrogens (tertiary/aromatic N) is 1. The van der Waals surface area contributed by atoms with E-state index in [1.165, 1.54) is 25.9 Å². The number of benzene rings is 1. The summed E-state index contributed by atoms with van der Waals surface area (Å²) in [6.07, 6.45) is 2.39. The molecule has 22 heavy (non-hydrogen) atoms. The third kappa shape index (κ3) is 2.55. The van der Waals surface area contributed by atoms with E-state index in [0.29, 0.717) is 11.7 Å². The second-order valence-electron chi connectivity index (χ2n) is 6.25. The molecular formula is C18H20N2O2. The average molecular weight is 296 g/mol. The summed E-state index contributed by atoms with van der Waals surface area (Å²) in [4.78, 5) is 14.8. The Bertz CT molecular complexity index is 657. The fourth-order valence-corrected chi connectivity index (χ4v) is 3.59. The topological polar surface area (TPSA) is 45.5 Å². The molecule has 0 spiro atoms. The lowest BCUT2D eigenvalue weighted by atomic mass is 9.84. The minimum Gasteiger partial charge on any atom is -0.451 e. The fourth-order valence-electron chi connectivity index (χ4n) is 3.59. The van der Waals surface area contributed by atoms with Gasteiger partial charge in [-0.05, 0) is 44.0 Å². The molecule has 1 atom stereocenters. The van der Waals surface area contributed by atoms with Crippen molar-refractivity contribution in [3.05, 3.63) is 48.2 Å². The van der Waals surface area contributed by atoms with Gasteiger partial charge >= 0.3 is 0 Å². The Morgan fingerprint density at radius 1 is 1.09 bits per heavy atom. The van der Waals surface area contributed by atoms with Crippen molar-refractivity contribution in [1.29, 1.82) is 0 Å². The molecule has 0 aliphatic carbocycles. The zero-order valence-electron chi connectivity index (χ0n) is 12.5. The largest absolute Gasteiger partial charge is 0.451 e. The highest BCUT2D eigenvalue weighted by Crippen LogP contribution is 2.28. The molecule has 0 saturated carbocycles. The van der Waals surface area contributed by atoms with Crippen LogP contribution in [0.3, 0.4) is 0 Å². The van der Waals surface area contributed by atoms with Crippen LogP contribution in [0.4, 0.5) is 0 Å². The molecule has 3 saturated heterocycles. The van der Waals surface area contributed by atoms with Gasteiger partial charge in [-0.15, -0.1) is 0 Å². The van der Waals surface area contributed by atoms with Gasteiger partial charge in [-0.3, -0.25) is 4.79 Å². The maximum Gasteiger partial charge on any atom is 0.287 e. The predicted octanol–water partition coefficient (Wildman–Crippen LogP) is 2.77. The number of carbonyl (C=O) groups is 1. The molecule has 3 aliphatic rings. The second kappa shape index (κ2) is 5.61. The Hall–Kier alpha value is -2.07. The number of piperidine rings is 3. The molecule has 0 radical (unpaired) electrons. The van der Waals surface area contributed by atoms with E-state index in [-0.39, 0.29) is 11.9 Å². The van der Waals surface area contributed by atoms with Crippen molar-refractivity contribution in [2.75, 3.05) is 19.6 Å². The van der Waals surface area contributed by atoms with E-state index in [1.807, 2.05) is 36.4 Å². The first-order valence-electron chi connectivity index (χ1n) is 7.98. The van der Waals surface area contributed by atoms with Gasteiger partial charge in [0.2, 0.25) is 0 Å². The summed E-state index contributed by atoms with van der Waals surface area (Å²) in [6.45, 7) is 3.33. The molecule has 1 amide bonds. The van der Waals surface area contributed by atoms with Gasteiger partial charge in [0.25, 0.3) is 5.91 Å². The molecule has 3 fully saturated rings. The third-order valence-electron chi connectivity index (χ3n) is 4.86. The number of amides is 1. The van der Waals surface area contributed by atoms with Crippen LogP contribution in [0.2, 0.25) is 0 Å². The standard InChI is InChI=1S/C18H20N2O2/c21-18(19-15-12-20-10-8-13(15)9-11-20)17-7-6-16(22-17)14-4-2-1-3-5-14/h1-7,13,15H,8-12H2,(H,19,21)/t15-/m0/s1. The van der Waals surface area contributed by atoms with Crippen LogP contribution in [0.1, 0.15) is 23.4 Å². The van der Waals surface area contributed by atoms with Crippen LogP contribution in [-0.2, 0) is 0 Å². The first kappa shape index (κ1) is 13.6. The summed E-state index contributed by atoms with van der Waals surface area (Å²) in [5.41, 5.74) is 0.990. The molecule has 1 aromatic carbocycles. The number of hydrogen-bond donors (Lipinski definition) is 1. The Labute approximate surface area is 130 Å². The lowest BCUT2D eigenvalue weighted by molar-refractivity contribution is 0.0606. The highest BCUT2D eigenvalue weighted by Gasteiger charge is 2.35. The van der Waals surface area contributed by atoms with Crippen LogP contribution in [0.25, 0.3) is 11.3 Å². The molecule has 0 unspecified atom stereocenters. The molecule has 3 aliphatic heterocycles. The highest BCUT2D eigenvalue weighted by molar-refractivity contribution is 5.92. The first-order valence-corrected chi connectivity index (χ1v) is 7.98. The molecule has 114 valence electrons. The lowest BCUT2D eigenvalue weighted by Crippen LogP contribution is -2.57. The first-order chi connectivity index (χ1) is 10.8. The Morgan fingerprint density at radius 3 is 2.55 bits per heavy atom. The zero-order valence-corrected chi connectivity index (χ0v) is 12.5. The van der Waals surface area contributed by atoms with Gasteiger partial charge in [-0.25, -0.2) is 0 Å². The van der Waals surface area contributed by atoms with Crippen molar-refractivity contribution in [3.8, 4) is 11.3 Å². The predicted molar refractivity (Wildman–Crippen MR) is 84.6 cm³/mol. The summed E-state index contributed by atoms with van der Waals surface area (Å²) < 4.78 is 5.73. The number of furan rings is 1. The summed E-state index contributed by atoms with van der Waals surface area (Å²) in [7, 11) is 0.